The topological polar surface area (TPSA) is 120 Å². The molecule has 0 spiro atoms. The monoisotopic (exact) mass is 392 g/mol. The van der Waals surface area contributed by atoms with E-state index in [0.717, 1.165) is 16.8 Å². The zero-order valence-corrected chi connectivity index (χ0v) is 16.0. The molecule has 9 nitrogen and oxygen atoms in total. The quantitative estimate of drug-likeness (QED) is 0.485. The maximum absolute atomic E-state index is 12.0. The summed E-state index contributed by atoms with van der Waals surface area (Å²) in [5.41, 5.74) is 2.90. The highest BCUT2D eigenvalue weighted by Gasteiger charge is 2.39. The van der Waals surface area contributed by atoms with Gasteiger partial charge in [-0.3, -0.25) is 5.10 Å². The number of carbonyl (C=O) groups is 1. The molecule has 0 saturated carbocycles. The predicted octanol–water partition coefficient (Wildman–Crippen LogP) is 2.86. The number of hydrogen-bond donors (Lipinski definition) is 3. The lowest BCUT2D eigenvalue weighted by Gasteiger charge is -2.22. The first kappa shape index (κ1) is 17.5. The number of anilines is 2. The van der Waals surface area contributed by atoms with Crippen molar-refractivity contribution >= 4 is 39.7 Å². The first-order chi connectivity index (χ1) is 14.0. The van der Waals surface area contributed by atoms with Gasteiger partial charge in [0, 0.05) is 36.2 Å². The van der Waals surface area contributed by atoms with Crippen molar-refractivity contribution < 1.29 is 14.3 Å². The van der Waals surface area contributed by atoms with Gasteiger partial charge in [-0.1, -0.05) is 12.1 Å². The minimum atomic E-state index is -0.895. The summed E-state index contributed by atoms with van der Waals surface area (Å²) in [6, 6.07) is 6.83. The number of hydrogen-bond acceptors (Lipinski definition) is 7. The minimum absolute atomic E-state index is 0.0900. The number of fused-ring (bicyclic) bond motifs is 3. The van der Waals surface area contributed by atoms with Crippen LogP contribution in [0, 0.1) is 13.8 Å². The predicted molar refractivity (Wildman–Crippen MR) is 108 cm³/mol. The van der Waals surface area contributed by atoms with Gasteiger partial charge in [-0.25, -0.2) is 14.8 Å². The van der Waals surface area contributed by atoms with Crippen molar-refractivity contribution in [2.24, 2.45) is 0 Å². The summed E-state index contributed by atoms with van der Waals surface area (Å²) in [5, 5.41) is 21.1. The molecule has 3 N–H and O–H groups in total. The number of nitrogens with one attached hydrogen (secondary N) is 2. The highest BCUT2D eigenvalue weighted by atomic mass is 16.4. The van der Waals surface area contributed by atoms with E-state index in [0.29, 0.717) is 41.3 Å². The van der Waals surface area contributed by atoms with E-state index in [1.807, 2.05) is 31.2 Å². The first-order valence-electron chi connectivity index (χ1n) is 9.43. The van der Waals surface area contributed by atoms with Crippen LogP contribution in [0.5, 0.6) is 0 Å². The average molecular weight is 392 g/mol. The Morgan fingerprint density at radius 1 is 1.31 bits per heavy atom. The smallest absolute Gasteiger partial charge is 0.326 e. The Morgan fingerprint density at radius 2 is 2.14 bits per heavy atom. The molecule has 1 aliphatic heterocycles. The van der Waals surface area contributed by atoms with Gasteiger partial charge in [0.05, 0.1) is 0 Å². The number of para-hydroxylation sites is 1. The van der Waals surface area contributed by atoms with Gasteiger partial charge >= 0.3 is 5.97 Å². The molecule has 0 bridgehead atoms. The fraction of sp³-hybridized carbons (Fsp3) is 0.300. The molecule has 1 aromatic carbocycles. The van der Waals surface area contributed by atoms with Crippen molar-refractivity contribution in [2.75, 3.05) is 16.8 Å². The van der Waals surface area contributed by atoms with Gasteiger partial charge in [-0.2, -0.15) is 5.10 Å². The molecule has 1 fully saturated rings. The molecular formula is C20H20N6O3. The highest BCUT2D eigenvalue weighted by Crippen LogP contribution is 2.36. The van der Waals surface area contributed by atoms with Crippen LogP contribution >= 0.6 is 0 Å². The lowest BCUT2D eigenvalue weighted by molar-refractivity contribution is -0.138. The van der Waals surface area contributed by atoms with Crippen LogP contribution in [0.15, 0.2) is 34.9 Å². The number of carboxylic acids is 1. The lowest BCUT2D eigenvalue weighted by Crippen LogP contribution is -2.37. The number of aryl methyl sites for hydroxylation is 2. The van der Waals surface area contributed by atoms with E-state index in [2.05, 4.69) is 25.5 Å². The van der Waals surface area contributed by atoms with Gasteiger partial charge in [0.25, 0.3) is 0 Å². The molecule has 0 amide bonds. The van der Waals surface area contributed by atoms with Crippen molar-refractivity contribution in [3.05, 3.63) is 41.9 Å². The maximum Gasteiger partial charge on any atom is 0.326 e. The van der Waals surface area contributed by atoms with Crippen LogP contribution in [-0.2, 0) is 4.79 Å². The Hall–Kier alpha value is -3.62. The Morgan fingerprint density at radius 3 is 2.90 bits per heavy atom. The molecule has 1 saturated heterocycles. The molecule has 0 radical (unpaired) electrons. The third-order valence-electron chi connectivity index (χ3n) is 5.34. The van der Waals surface area contributed by atoms with Crippen molar-refractivity contribution in [3.63, 3.8) is 0 Å². The molecule has 4 heterocycles. The second kappa shape index (κ2) is 6.47. The largest absolute Gasteiger partial charge is 0.480 e. The van der Waals surface area contributed by atoms with E-state index >= 15 is 0 Å². The molecule has 148 valence electrons. The maximum atomic E-state index is 12.0. The Labute approximate surface area is 165 Å². The van der Waals surface area contributed by atoms with Crippen molar-refractivity contribution in [3.8, 4) is 0 Å². The molecule has 4 aromatic rings. The van der Waals surface area contributed by atoms with Gasteiger partial charge < -0.3 is 19.7 Å². The summed E-state index contributed by atoms with van der Waals surface area (Å²) in [4.78, 5) is 22.9. The number of aromatic amines is 1. The molecule has 2 atom stereocenters. The SMILES string of the molecule is Cc1nc(N2C[C@@H](Nc3n[nH]cc3C)C[C@H]2C(=O)O)c2oc3ccccc3c2n1. The highest BCUT2D eigenvalue weighted by molar-refractivity contribution is 6.06. The molecule has 1 aliphatic rings. The van der Waals surface area contributed by atoms with Gasteiger partial charge in [0.2, 0.25) is 0 Å². The lowest BCUT2D eigenvalue weighted by atomic mass is 10.1. The fourth-order valence-electron chi connectivity index (χ4n) is 3.98. The molecule has 5 rings (SSSR count). The van der Waals surface area contributed by atoms with Gasteiger partial charge in [0.15, 0.2) is 17.2 Å². The van der Waals surface area contributed by atoms with Crippen molar-refractivity contribution in [1.29, 1.82) is 0 Å². The number of aromatic nitrogens is 4. The van der Waals surface area contributed by atoms with E-state index < -0.39 is 12.0 Å². The molecule has 9 heteroatoms. The molecule has 29 heavy (non-hydrogen) atoms. The summed E-state index contributed by atoms with van der Waals surface area (Å²) in [6.45, 7) is 4.21. The van der Waals surface area contributed by atoms with Gasteiger partial charge in [0.1, 0.15) is 23.0 Å². The fourth-order valence-corrected chi connectivity index (χ4v) is 3.98. The number of aliphatic carboxylic acids is 1. The molecular weight excluding hydrogens is 372 g/mol. The van der Waals surface area contributed by atoms with Crippen LogP contribution in [0.2, 0.25) is 0 Å². The van der Waals surface area contributed by atoms with E-state index in [-0.39, 0.29) is 6.04 Å². The normalized spacial score (nSPS) is 19.3. The Balaban J connectivity index is 1.58. The summed E-state index contributed by atoms with van der Waals surface area (Å²) in [5.74, 6) is 0.921. The number of benzene rings is 1. The van der Waals surface area contributed by atoms with Crippen LogP contribution in [0.1, 0.15) is 17.8 Å². The summed E-state index contributed by atoms with van der Waals surface area (Å²) in [7, 11) is 0. The van der Waals surface area contributed by atoms with E-state index in [1.165, 1.54) is 0 Å². The van der Waals surface area contributed by atoms with Crippen LogP contribution in [0.3, 0.4) is 0 Å². The molecule has 0 unspecified atom stereocenters. The number of carboxylic acid groups (broad SMARTS) is 1. The summed E-state index contributed by atoms with van der Waals surface area (Å²) < 4.78 is 6.04. The van der Waals surface area contributed by atoms with Crippen LogP contribution in [0.4, 0.5) is 11.6 Å². The number of furan rings is 1. The van der Waals surface area contributed by atoms with Crippen LogP contribution in [-0.4, -0.2) is 49.9 Å². The first-order valence-corrected chi connectivity index (χ1v) is 9.43. The Kier molecular flexibility index (Phi) is 3.90. The standard InChI is InChI=1S/C20H20N6O3/c1-10-8-21-25-18(10)24-12-7-14(20(27)28)26(9-12)19-17-16(22-11(2)23-19)13-5-3-4-6-15(13)29-17/h3-6,8,12,14H,7,9H2,1-2H3,(H,27,28)(H2,21,24,25)/t12-,14-/m0/s1. The van der Waals surface area contributed by atoms with Crippen molar-refractivity contribution in [1.82, 2.24) is 20.2 Å². The average Bonchev–Trinajstić information content (AvgIpc) is 3.39. The molecule has 3 aromatic heterocycles. The second-order valence-corrected chi connectivity index (χ2v) is 7.37. The van der Waals surface area contributed by atoms with E-state index in [4.69, 9.17) is 4.42 Å². The van der Waals surface area contributed by atoms with Gasteiger partial charge in [-0.15, -0.1) is 0 Å². The van der Waals surface area contributed by atoms with E-state index in [9.17, 15) is 9.90 Å². The Bertz CT molecular complexity index is 1230. The summed E-state index contributed by atoms with van der Waals surface area (Å²) in [6.07, 6.45) is 2.22. The van der Waals surface area contributed by atoms with Crippen LogP contribution in [0.25, 0.3) is 22.1 Å². The number of H-pyrrole nitrogens is 1. The third kappa shape index (κ3) is 2.86. The zero-order valence-electron chi connectivity index (χ0n) is 16.0. The number of rotatable bonds is 4. The second-order valence-electron chi connectivity index (χ2n) is 7.37. The summed E-state index contributed by atoms with van der Waals surface area (Å²) >= 11 is 0. The minimum Gasteiger partial charge on any atom is -0.480 e. The van der Waals surface area contributed by atoms with E-state index in [1.54, 1.807) is 18.0 Å². The third-order valence-corrected chi connectivity index (χ3v) is 5.34. The number of nitrogens with zero attached hydrogens (tertiary/aromatic N) is 4. The van der Waals surface area contributed by atoms with Gasteiger partial charge in [-0.05, 0) is 26.0 Å². The van der Waals surface area contributed by atoms with Crippen molar-refractivity contribution in [2.45, 2.75) is 32.4 Å². The zero-order chi connectivity index (χ0) is 20.1. The van der Waals surface area contributed by atoms with Crippen LogP contribution < -0.4 is 10.2 Å². The molecule has 0 aliphatic carbocycles.